The van der Waals surface area contributed by atoms with Crippen LogP contribution in [-0.4, -0.2) is 25.7 Å². The predicted molar refractivity (Wildman–Crippen MR) is 106 cm³/mol. The average molecular weight is 364 g/mol. The summed E-state index contributed by atoms with van der Waals surface area (Å²) in [6.45, 7) is 5.28. The van der Waals surface area contributed by atoms with Crippen LogP contribution in [0.15, 0.2) is 54.1 Å². The van der Waals surface area contributed by atoms with Crippen molar-refractivity contribution in [1.82, 2.24) is 5.32 Å². The van der Waals surface area contributed by atoms with Crippen LogP contribution in [-0.2, 0) is 11.2 Å². The number of hydrogen-bond donors (Lipinski definition) is 1. The van der Waals surface area contributed by atoms with Crippen LogP contribution >= 0.6 is 0 Å². The third-order valence-electron chi connectivity index (χ3n) is 3.79. The van der Waals surface area contributed by atoms with Gasteiger partial charge in [-0.25, -0.2) is 0 Å². The van der Waals surface area contributed by atoms with Gasteiger partial charge in [0.15, 0.2) is 11.5 Å². The van der Waals surface area contributed by atoms with Gasteiger partial charge in [0.1, 0.15) is 11.6 Å². The van der Waals surface area contributed by atoms with Gasteiger partial charge in [-0.1, -0.05) is 36.4 Å². The fourth-order valence-electron chi connectivity index (χ4n) is 2.53. The molecule has 1 N–H and O–H groups in total. The second kappa shape index (κ2) is 10.7. The highest BCUT2D eigenvalue weighted by molar-refractivity contribution is 6.01. The lowest BCUT2D eigenvalue weighted by atomic mass is 10.1. The first kappa shape index (κ1) is 20.1. The van der Waals surface area contributed by atoms with Crippen LogP contribution in [0.1, 0.15) is 25.0 Å². The molecular weight excluding hydrogens is 340 g/mol. The molecule has 0 saturated carbocycles. The zero-order valence-corrected chi connectivity index (χ0v) is 15.7. The summed E-state index contributed by atoms with van der Waals surface area (Å²) in [5.74, 6) is 0.845. The van der Waals surface area contributed by atoms with E-state index in [0.717, 1.165) is 5.56 Å². The molecule has 2 aromatic carbocycles. The van der Waals surface area contributed by atoms with Crippen molar-refractivity contribution in [2.24, 2.45) is 0 Å². The van der Waals surface area contributed by atoms with E-state index in [1.807, 2.05) is 50.2 Å². The van der Waals surface area contributed by atoms with Gasteiger partial charge in [-0.05, 0) is 49.6 Å². The maximum atomic E-state index is 12.3. The number of benzene rings is 2. The smallest absolute Gasteiger partial charge is 0.261 e. The number of ether oxygens (including phenoxy) is 2. The van der Waals surface area contributed by atoms with Crippen molar-refractivity contribution in [3.63, 3.8) is 0 Å². The Labute approximate surface area is 160 Å². The maximum Gasteiger partial charge on any atom is 0.261 e. The first-order valence-electron chi connectivity index (χ1n) is 9.01. The molecule has 0 heterocycles. The molecule has 5 heteroatoms. The topological polar surface area (TPSA) is 71.3 Å². The molecule has 0 aliphatic carbocycles. The van der Waals surface area contributed by atoms with Gasteiger partial charge in [-0.2, -0.15) is 5.26 Å². The fraction of sp³-hybridized carbons (Fsp3) is 0.273. The minimum atomic E-state index is -0.389. The molecule has 140 valence electrons. The Kier molecular flexibility index (Phi) is 7.92. The van der Waals surface area contributed by atoms with E-state index in [0.29, 0.717) is 43.2 Å². The van der Waals surface area contributed by atoms with Crippen LogP contribution in [0.5, 0.6) is 11.5 Å². The molecule has 5 nitrogen and oxygen atoms in total. The second-order valence-corrected chi connectivity index (χ2v) is 5.73. The van der Waals surface area contributed by atoms with Gasteiger partial charge < -0.3 is 14.8 Å². The van der Waals surface area contributed by atoms with Crippen LogP contribution < -0.4 is 14.8 Å². The number of nitrogens with zero attached hydrogens (tertiary/aromatic N) is 1. The maximum absolute atomic E-state index is 12.3. The summed E-state index contributed by atoms with van der Waals surface area (Å²) < 4.78 is 11.1. The van der Waals surface area contributed by atoms with E-state index in [9.17, 15) is 10.1 Å². The minimum Gasteiger partial charge on any atom is -0.490 e. The molecule has 0 unspecified atom stereocenters. The Morgan fingerprint density at radius 2 is 1.78 bits per heavy atom. The van der Waals surface area contributed by atoms with Crippen LogP contribution in [0.4, 0.5) is 0 Å². The summed E-state index contributed by atoms with van der Waals surface area (Å²) in [4.78, 5) is 12.3. The van der Waals surface area contributed by atoms with Gasteiger partial charge in [0.05, 0.1) is 13.2 Å². The number of nitriles is 1. The molecule has 1 amide bonds. The summed E-state index contributed by atoms with van der Waals surface area (Å²) in [7, 11) is 0. The van der Waals surface area contributed by atoms with Crippen molar-refractivity contribution in [3.05, 3.63) is 65.2 Å². The summed E-state index contributed by atoms with van der Waals surface area (Å²) >= 11 is 0. The molecule has 0 spiro atoms. The van der Waals surface area contributed by atoms with E-state index in [-0.39, 0.29) is 11.5 Å². The zero-order chi connectivity index (χ0) is 19.5. The van der Waals surface area contributed by atoms with Gasteiger partial charge in [0.2, 0.25) is 0 Å². The third-order valence-corrected chi connectivity index (χ3v) is 3.79. The SMILES string of the molecule is CCOc1ccc(/C=C(/C#N)C(=O)NCCc2ccccc2)cc1OCC. The highest BCUT2D eigenvalue weighted by Crippen LogP contribution is 2.29. The largest absolute Gasteiger partial charge is 0.490 e. The number of nitrogens with one attached hydrogen (secondary N) is 1. The van der Waals surface area contributed by atoms with E-state index in [4.69, 9.17) is 9.47 Å². The molecule has 0 saturated heterocycles. The molecule has 2 aromatic rings. The van der Waals surface area contributed by atoms with Crippen LogP contribution in [0.3, 0.4) is 0 Å². The quantitative estimate of drug-likeness (QED) is 0.543. The lowest BCUT2D eigenvalue weighted by Crippen LogP contribution is -2.26. The molecular formula is C22H24N2O3. The van der Waals surface area contributed by atoms with E-state index in [1.165, 1.54) is 0 Å². The zero-order valence-electron chi connectivity index (χ0n) is 15.7. The Bertz CT molecular complexity index is 823. The van der Waals surface area contributed by atoms with Crippen LogP contribution in [0.25, 0.3) is 6.08 Å². The number of rotatable bonds is 9. The summed E-state index contributed by atoms with van der Waals surface area (Å²) in [5.41, 5.74) is 1.89. The van der Waals surface area contributed by atoms with Gasteiger partial charge in [-0.15, -0.1) is 0 Å². The molecule has 2 rings (SSSR count). The normalized spacial score (nSPS) is 10.8. The summed E-state index contributed by atoms with van der Waals surface area (Å²) in [5, 5.41) is 12.1. The minimum absolute atomic E-state index is 0.0506. The Balaban J connectivity index is 2.06. The lowest BCUT2D eigenvalue weighted by molar-refractivity contribution is -0.117. The Morgan fingerprint density at radius 1 is 1.07 bits per heavy atom. The predicted octanol–water partition coefficient (Wildman–Crippen LogP) is 3.75. The molecule has 0 aromatic heterocycles. The van der Waals surface area contributed by atoms with Gasteiger partial charge in [0.25, 0.3) is 5.91 Å². The molecule has 27 heavy (non-hydrogen) atoms. The van der Waals surface area contributed by atoms with Crippen molar-refractivity contribution < 1.29 is 14.3 Å². The second-order valence-electron chi connectivity index (χ2n) is 5.73. The average Bonchev–Trinajstić information content (AvgIpc) is 2.69. The summed E-state index contributed by atoms with van der Waals surface area (Å²) in [6.07, 6.45) is 2.26. The molecule has 0 bridgehead atoms. The van der Waals surface area contributed by atoms with Gasteiger partial charge >= 0.3 is 0 Å². The highest BCUT2D eigenvalue weighted by atomic mass is 16.5. The fourth-order valence-corrected chi connectivity index (χ4v) is 2.53. The van der Waals surface area contributed by atoms with E-state index in [1.54, 1.807) is 24.3 Å². The van der Waals surface area contributed by atoms with Crippen molar-refractivity contribution >= 4 is 12.0 Å². The standard InChI is InChI=1S/C22H24N2O3/c1-3-26-20-11-10-18(15-21(20)27-4-2)14-19(16-23)22(25)24-13-12-17-8-6-5-7-9-17/h5-11,14-15H,3-4,12-13H2,1-2H3,(H,24,25)/b19-14-. The van der Waals surface area contributed by atoms with E-state index < -0.39 is 0 Å². The van der Waals surface area contributed by atoms with Crippen LogP contribution in [0.2, 0.25) is 0 Å². The molecule has 0 fully saturated rings. The number of hydrogen-bond acceptors (Lipinski definition) is 4. The Hall–Kier alpha value is -3.26. The van der Waals surface area contributed by atoms with Crippen molar-refractivity contribution in [1.29, 1.82) is 5.26 Å². The number of carbonyl (C=O) groups excluding carboxylic acids is 1. The first-order valence-corrected chi connectivity index (χ1v) is 9.01. The Morgan fingerprint density at radius 3 is 2.44 bits per heavy atom. The van der Waals surface area contributed by atoms with Crippen LogP contribution in [0, 0.1) is 11.3 Å². The van der Waals surface area contributed by atoms with E-state index in [2.05, 4.69) is 5.32 Å². The lowest BCUT2D eigenvalue weighted by Gasteiger charge is -2.11. The molecule has 0 aliphatic rings. The highest BCUT2D eigenvalue weighted by Gasteiger charge is 2.10. The third kappa shape index (κ3) is 6.19. The molecule has 0 atom stereocenters. The van der Waals surface area contributed by atoms with Gasteiger partial charge in [0, 0.05) is 6.54 Å². The van der Waals surface area contributed by atoms with Crippen molar-refractivity contribution in [3.8, 4) is 17.6 Å². The molecule has 0 aliphatic heterocycles. The number of amides is 1. The van der Waals surface area contributed by atoms with Gasteiger partial charge in [-0.3, -0.25) is 4.79 Å². The number of carbonyl (C=O) groups is 1. The monoisotopic (exact) mass is 364 g/mol. The van der Waals surface area contributed by atoms with E-state index >= 15 is 0 Å². The first-order chi connectivity index (χ1) is 13.2. The van der Waals surface area contributed by atoms with Crippen molar-refractivity contribution in [2.75, 3.05) is 19.8 Å². The van der Waals surface area contributed by atoms with Crippen molar-refractivity contribution in [2.45, 2.75) is 20.3 Å². The molecule has 0 radical (unpaired) electrons. The summed E-state index contributed by atoms with van der Waals surface area (Å²) in [6, 6.07) is 17.2.